The molecular weight excluding hydrogens is 382 g/mol. The number of nitrogens with zero attached hydrogens (tertiary/aromatic N) is 2. The fourth-order valence-electron chi connectivity index (χ4n) is 1.95. The summed E-state index contributed by atoms with van der Waals surface area (Å²) in [4.78, 5) is 41.9. The highest BCUT2D eigenvalue weighted by Gasteiger charge is 2.19. The SMILES string of the molecule is C=CCn1c(C(N)=O)c(NC(=O)CSc2nc(C)cc(=O)[nH]2)sc1=S. The van der Waals surface area contributed by atoms with Crippen LogP contribution in [0.3, 0.4) is 0 Å². The van der Waals surface area contributed by atoms with Gasteiger partial charge in [-0.2, -0.15) is 0 Å². The third-order valence-corrected chi connectivity index (χ3v) is 5.12. The number of rotatable bonds is 7. The second-order valence-corrected chi connectivity index (χ2v) is 7.45. The Morgan fingerprint density at radius 3 is 2.92 bits per heavy atom. The maximum Gasteiger partial charge on any atom is 0.268 e. The first-order valence-corrected chi connectivity index (χ1v) is 9.17. The van der Waals surface area contributed by atoms with Crippen LogP contribution in [0.5, 0.6) is 0 Å². The number of hydrogen-bond donors (Lipinski definition) is 3. The lowest BCUT2D eigenvalue weighted by Gasteiger charge is -2.06. The molecule has 8 nitrogen and oxygen atoms in total. The smallest absolute Gasteiger partial charge is 0.268 e. The van der Waals surface area contributed by atoms with Crippen molar-refractivity contribution in [1.82, 2.24) is 14.5 Å². The molecule has 0 spiro atoms. The Morgan fingerprint density at radius 1 is 1.60 bits per heavy atom. The topological polar surface area (TPSA) is 123 Å². The second-order valence-electron chi connectivity index (χ2n) is 4.84. The van der Waals surface area contributed by atoms with E-state index in [1.165, 1.54) is 10.6 Å². The summed E-state index contributed by atoms with van der Waals surface area (Å²) in [5, 5.41) is 3.25. The Bertz CT molecular complexity index is 944. The van der Waals surface area contributed by atoms with Gasteiger partial charge in [0.1, 0.15) is 10.7 Å². The number of aromatic amines is 1. The van der Waals surface area contributed by atoms with E-state index >= 15 is 0 Å². The maximum absolute atomic E-state index is 12.1. The predicted molar refractivity (Wildman–Crippen MR) is 101 cm³/mol. The number of hydrogen-bond acceptors (Lipinski definition) is 7. The van der Waals surface area contributed by atoms with Crippen LogP contribution in [0.25, 0.3) is 0 Å². The third-order valence-electron chi connectivity index (χ3n) is 2.88. The third kappa shape index (κ3) is 4.87. The Morgan fingerprint density at radius 2 is 2.32 bits per heavy atom. The van der Waals surface area contributed by atoms with Crippen molar-refractivity contribution < 1.29 is 9.59 Å². The fourth-order valence-corrected chi connectivity index (χ4v) is 4.01. The van der Waals surface area contributed by atoms with E-state index in [4.69, 9.17) is 18.0 Å². The molecule has 0 atom stereocenters. The minimum Gasteiger partial charge on any atom is -0.364 e. The van der Waals surface area contributed by atoms with Crippen molar-refractivity contribution in [2.45, 2.75) is 18.6 Å². The summed E-state index contributed by atoms with van der Waals surface area (Å²) < 4.78 is 1.92. The van der Waals surface area contributed by atoms with Crippen LogP contribution in [-0.4, -0.2) is 32.1 Å². The minimum atomic E-state index is -0.693. The zero-order valence-electron chi connectivity index (χ0n) is 13.2. The molecule has 2 rings (SSSR count). The molecule has 0 aliphatic rings. The summed E-state index contributed by atoms with van der Waals surface area (Å²) in [5.41, 5.74) is 5.80. The monoisotopic (exact) mass is 397 g/mol. The molecule has 0 unspecified atom stereocenters. The van der Waals surface area contributed by atoms with Gasteiger partial charge in [-0.05, 0) is 19.1 Å². The molecule has 2 aromatic rings. The van der Waals surface area contributed by atoms with E-state index in [1.54, 1.807) is 13.0 Å². The molecule has 2 heterocycles. The average molecular weight is 398 g/mol. The highest BCUT2D eigenvalue weighted by atomic mass is 32.2. The molecule has 0 aliphatic heterocycles. The van der Waals surface area contributed by atoms with Gasteiger partial charge in [-0.3, -0.25) is 14.4 Å². The summed E-state index contributed by atoms with van der Waals surface area (Å²) in [6.45, 7) is 5.60. The van der Waals surface area contributed by atoms with Crippen molar-refractivity contribution >= 4 is 52.1 Å². The van der Waals surface area contributed by atoms with Gasteiger partial charge in [-0.15, -0.1) is 6.58 Å². The number of allylic oxidation sites excluding steroid dienone is 1. The molecule has 25 heavy (non-hydrogen) atoms. The highest BCUT2D eigenvalue weighted by molar-refractivity contribution is 7.99. The Balaban J connectivity index is 2.14. The number of thioether (sulfide) groups is 1. The standard InChI is InChI=1S/C14H15N5O3S3/c1-3-4-19-10(11(15)22)12(25-14(19)23)17-9(21)6-24-13-16-7(2)5-8(20)18-13/h3,5H,1,4,6H2,2H3,(H2,15,22)(H,17,21)(H,16,18,20). The van der Waals surface area contributed by atoms with E-state index in [-0.39, 0.29) is 27.9 Å². The molecule has 0 bridgehead atoms. The quantitative estimate of drug-likeness (QED) is 0.283. The van der Waals surface area contributed by atoms with Crippen LogP contribution in [0, 0.1) is 10.9 Å². The van der Waals surface area contributed by atoms with Gasteiger partial charge in [0.25, 0.3) is 11.5 Å². The summed E-state index contributed by atoms with van der Waals surface area (Å²) >= 11 is 7.34. The number of aryl methyl sites for hydroxylation is 1. The lowest BCUT2D eigenvalue weighted by molar-refractivity contribution is -0.113. The Labute approximate surface area is 156 Å². The lowest BCUT2D eigenvalue weighted by Crippen LogP contribution is -2.21. The average Bonchev–Trinajstić information content (AvgIpc) is 2.80. The van der Waals surface area contributed by atoms with Crippen LogP contribution < -0.4 is 16.6 Å². The summed E-state index contributed by atoms with van der Waals surface area (Å²) in [5.74, 6) is -1.07. The number of primary amides is 1. The van der Waals surface area contributed by atoms with Gasteiger partial charge in [-0.1, -0.05) is 29.2 Å². The number of amides is 2. The molecule has 2 aromatic heterocycles. The number of H-pyrrole nitrogens is 1. The first-order chi connectivity index (χ1) is 11.8. The molecule has 0 saturated heterocycles. The van der Waals surface area contributed by atoms with Gasteiger partial charge in [0.2, 0.25) is 5.91 Å². The van der Waals surface area contributed by atoms with E-state index in [2.05, 4.69) is 21.9 Å². The largest absolute Gasteiger partial charge is 0.364 e. The second kappa shape index (κ2) is 8.23. The van der Waals surface area contributed by atoms with E-state index in [0.717, 1.165) is 23.1 Å². The van der Waals surface area contributed by atoms with Crippen molar-refractivity contribution in [3.63, 3.8) is 0 Å². The van der Waals surface area contributed by atoms with E-state index in [1.807, 2.05) is 0 Å². The molecule has 0 aliphatic carbocycles. The lowest BCUT2D eigenvalue weighted by atomic mass is 10.4. The van der Waals surface area contributed by atoms with Gasteiger partial charge in [0, 0.05) is 18.3 Å². The van der Waals surface area contributed by atoms with E-state index in [9.17, 15) is 14.4 Å². The molecule has 2 amide bonds. The normalized spacial score (nSPS) is 10.4. The van der Waals surface area contributed by atoms with Crippen LogP contribution in [0.2, 0.25) is 0 Å². The van der Waals surface area contributed by atoms with Crippen molar-refractivity contribution in [3.05, 3.63) is 44.4 Å². The molecular formula is C14H15N5O3S3. The number of nitrogens with two attached hydrogens (primary N) is 1. The van der Waals surface area contributed by atoms with Gasteiger partial charge in [0.05, 0.1) is 5.75 Å². The zero-order chi connectivity index (χ0) is 18.6. The highest BCUT2D eigenvalue weighted by Crippen LogP contribution is 2.26. The van der Waals surface area contributed by atoms with E-state index in [0.29, 0.717) is 21.3 Å². The number of carbonyl (C=O) groups is 2. The molecule has 0 aromatic carbocycles. The number of anilines is 1. The van der Waals surface area contributed by atoms with Gasteiger partial charge in [-0.25, -0.2) is 4.98 Å². The maximum atomic E-state index is 12.1. The fraction of sp³-hybridized carbons (Fsp3) is 0.214. The Hall–Kier alpha value is -2.24. The van der Waals surface area contributed by atoms with Gasteiger partial charge in [0.15, 0.2) is 9.11 Å². The zero-order valence-corrected chi connectivity index (χ0v) is 15.6. The van der Waals surface area contributed by atoms with Crippen molar-refractivity contribution in [3.8, 4) is 0 Å². The number of aromatic nitrogens is 3. The number of nitrogens with one attached hydrogen (secondary N) is 2. The van der Waals surface area contributed by atoms with Crippen molar-refractivity contribution in [2.24, 2.45) is 5.73 Å². The Kier molecular flexibility index (Phi) is 6.28. The summed E-state index contributed by atoms with van der Waals surface area (Å²) in [7, 11) is 0. The van der Waals surface area contributed by atoms with Crippen molar-refractivity contribution in [2.75, 3.05) is 11.1 Å². The van der Waals surface area contributed by atoms with Crippen LogP contribution in [0.4, 0.5) is 5.00 Å². The van der Waals surface area contributed by atoms with Crippen LogP contribution in [0.15, 0.2) is 28.7 Å². The van der Waals surface area contributed by atoms with Gasteiger partial charge < -0.3 is 20.6 Å². The van der Waals surface area contributed by atoms with Crippen LogP contribution in [0.1, 0.15) is 16.2 Å². The first kappa shape index (κ1) is 19.1. The van der Waals surface area contributed by atoms with Crippen LogP contribution >= 0.6 is 35.3 Å². The van der Waals surface area contributed by atoms with Crippen LogP contribution in [-0.2, 0) is 11.3 Å². The first-order valence-electron chi connectivity index (χ1n) is 6.96. The molecule has 11 heteroatoms. The van der Waals surface area contributed by atoms with Gasteiger partial charge >= 0.3 is 0 Å². The molecule has 132 valence electrons. The molecule has 0 fully saturated rings. The molecule has 0 saturated carbocycles. The summed E-state index contributed by atoms with van der Waals surface area (Å²) in [6, 6.07) is 1.36. The molecule has 4 N–H and O–H groups in total. The predicted octanol–water partition coefficient (Wildman–Crippen LogP) is 1.69. The summed E-state index contributed by atoms with van der Waals surface area (Å²) in [6.07, 6.45) is 1.58. The number of carbonyl (C=O) groups excluding carboxylic acids is 2. The van der Waals surface area contributed by atoms with E-state index < -0.39 is 5.91 Å². The molecule has 0 radical (unpaired) electrons. The van der Waals surface area contributed by atoms with Crippen molar-refractivity contribution in [1.29, 1.82) is 0 Å². The minimum absolute atomic E-state index is 0.00326. The number of thiazole rings is 1.